The Bertz CT molecular complexity index is 1060. The summed E-state index contributed by atoms with van der Waals surface area (Å²) in [6.45, 7) is 3.70. The maximum Gasteiger partial charge on any atom is 0.338 e. The molecule has 1 fully saturated rings. The van der Waals surface area contributed by atoms with Crippen LogP contribution in [0.4, 0.5) is 5.69 Å². The molecule has 0 aromatic heterocycles. The molecule has 160 valence electrons. The Morgan fingerprint density at radius 3 is 2.37 bits per heavy atom. The summed E-state index contributed by atoms with van der Waals surface area (Å²) in [7, 11) is -2.15. The van der Waals surface area contributed by atoms with Gasteiger partial charge in [-0.15, -0.1) is 0 Å². The number of carbonyl (C=O) groups is 2. The first-order valence-electron chi connectivity index (χ1n) is 9.80. The minimum Gasteiger partial charge on any atom is -0.465 e. The number of anilines is 1. The van der Waals surface area contributed by atoms with Crippen LogP contribution in [0.1, 0.15) is 46.3 Å². The largest absolute Gasteiger partial charge is 0.465 e. The first-order chi connectivity index (χ1) is 14.2. The first-order valence-corrected chi connectivity index (χ1v) is 11.3. The van der Waals surface area contributed by atoms with Gasteiger partial charge in [0.15, 0.2) is 0 Å². The molecule has 1 aliphatic rings. The van der Waals surface area contributed by atoms with Gasteiger partial charge in [-0.25, -0.2) is 17.9 Å². The zero-order valence-corrected chi connectivity index (χ0v) is 18.1. The second-order valence-electron chi connectivity index (χ2n) is 7.54. The molecule has 1 aliphatic carbocycles. The molecule has 1 amide bonds. The second-order valence-corrected chi connectivity index (χ2v) is 9.26. The zero-order chi connectivity index (χ0) is 21.9. The van der Waals surface area contributed by atoms with Gasteiger partial charge in [0.05, 0.1) is 17.6 Å². The summed E-state index contributed by atoms with van der Waals surface area (Å²) in [5.41, 5.74) is 3.52. The van der Waals surface area contributed by atoms with Crippen molar-refractivity contribution in [3.63, 3.8) is 0 Å². The Labute approximate surface area is 176 Å². The van der Waals surface area contributed by atoms with Gasteiger partial charge in [0.2, 0.25) is 15.9 Å². The molecule has 0 radical (unpaired) electrons. The highest BCUT2D eigenvalue weighted by molar-refractivity contribution is 7.89. The van der Waals surface area contributed by atoms with Crippen molar-refractivity contribution in [3.05, 3.63) is 58.7 Å². The molecule has 7 nitrogen and oxygen atoms in total. The number of amides is 1. The zero-order valence-electron chi connectivity index (χ0n) is 17.3. The summed E-state index contributed by atoms with van der Waals surface area (Å²) in [5, 5.41) is 2.81. The number of ether oxygens (including phenoxy) is 1. The Morgan fingerprint density at radius 2 is 1.77 bits per heavy atom. The maximum absolute atomic E-state index is 12.4. The molecule has 0 heterocycles. The molecule has 0 aliphatic heterocycles. The van der Waals surface area contributed by atoms with Gasteiger partial charge in [-0.1, -0.05) is 12.1 Å². The van der Waals surface area contributed by atoms with Gasteiger partial charge < -0.3 is 10.1 Å². The number of carbonyl (C=O) groups excluding carboxylic acids is 2. The number of benzene rings is 2. The van der Waals surface area contributed by atoms with Crippen LogP contribution in [0, 0.1) is 13.8 Å². The van der Waals surface area contributed by atoms with Crippen molar-refractivity contribution in [2.45, 2.75) is 50.5 Å². The minimum absolute atomic E-state index is 0.0588. The molecule has 2 N–H and O–H groups in total. The summed E-state index contributed by atoms with van der Waals surface area (Å²) >= 11 is 0. The van der Waals surface area contributed by atoms with E-state index in [2.05, 4.69) is 10.0 Å². The van der Waals surface area contributed by atoms with Gasteiger partial charge in [-0.3, -0.25) is 4.79 Å². The van der Waals surface area contributed by atoms with E-state index in [4.69, 9.17) is 4.74 Å². The number of aryl methyl sites for hydroxylation is 2. The van der Waals surface area contributed by atoms with Crippen LogP contribution in [0.3, 0.4) is 0 Å². The molecule has 0 unspecified atom stereocenters. The molecule has 0 bridgehead atoms. The van der Waals surface area contributed by atoms with Gasteiger partial charge in [-0.2, -0.15) is 0 Å². The fraction of sp³-hybridized carbons (Fsp3) is 0.364. The van der Waals surface area contributed by atoms with Gasteiger partial charge >= 0.3 is 5.97 Å². The third-order valence-corrected chi connectivity index (χ3v) is 6.67. The molecular weight excluding hydrogens is 404 g/mol. The Hall–Kier alpha value is -2.71. The average Bonchev–Trinajstić information content (AvgIpc) is 3.52. The van der Waals surface area contributed by atoms with Crippen LogP contribution >= 0.6 is 0 Å². The summed E-state index contributed by atoms with van der Waals surface area (Å²) in [5.74, 6) is -0.640. The van der Waals surface area contributed by atoms with E-state index >= 15 is 0 Å². The lowest BCUT2D eigenvalue weighted by Gasteiger charge is -2.12. The average molecular weight is 431 g/mol. The SMILES string of the molecule is COC(=O)c1cc(NC(=O)CCc2ccc(S(=O)(=O)NC3CC3)cc2)cc(C)c1C. The minimum atomic E-state index is -3.47. The number of sulfonamides is 1. The highest BCUT2D eigenvalue weighted by atomic mass is 32.2. The third-order valence-electron chi connectivity index (χ3n) is 5.13. The molecule has 2 aromatic carbocycles. The molecule has 1 saturated carbocycles. The van der Waals surface area contributed by atoms with Gasteiger partial charge in [-0.05, 0) is 74.1 Å². The standard InChI is InChI=1S/C22H26N2O5S/c1-14-12-18(13-20(15(14)2)22(26)29-3)23-21(25)11-6-16-4-9-19(10-5-16)30(27,28)24-17-7-8-17/h4-5,9-10,12-13,17,24H,6-8,11H2,1-3H3,(H,23,25). The van der Waals surface area contributed by atoms with Crippen LogP contribution in [-0.4, -0.2) is 33.4 Å². The number of esters is 1. The van der Waals surface area contributed by atoms with Crippen LogP contribution in [0.15, 0.2) is 41.3 Å². The molecule has 8 heteroatoms. The van der Waals surface area contributed by atoms with E-state index in [9.17, 15) is 18.0 Å². The Morgan fingerprint density at radius 1 is 1.10 bits per heavy atom. The maximum atomic E-state index is 12.4. The predicted octanol–water partition coefficient (Wildman–Crippen LogP) is 3.10. The highest BCUT2D eigenvalue weighted by Gasteiger charge is 2.27. The molecule has 3 rings (SSSR count). The monoisotopic (exact) mass is 430 g/mol. The van der Waals surface area contributed by atoms with Gasteiger partial charge in [0.25, 0.3) is 0 Å². The van der Waals surface area contributed by atoms with Crippen molar-refractivity contribution >= 4 is 27.6 Å². The molecule has 0 atom stereocenters. The van der Waals surface area contributed by atoms with Gasteiger partial charge in [0.1, 0.15) is 0 Å². The van der Waals surface area contributed by atoms with Crippen molar-refractivity contribution in [2.75, 3.05) is 12.4 Å². The van der Waals surface area contributed by atoms with Crippen molar-refractivity contribution in [1.82, 2.24) is 4.72 Å². The van der Waals surface area contributed by atoms with Crippen LogP contribution in [0.25, 0.3) is 0 Å². The van der Waals surface area contributed by atoms with E-state index in [-0.39, 0.29) is 23.3 Å². The van der Waals surface area contributed by atoms with E-state index in [1.165, 1.54) is 7.11 Å². The van der Waals surface area contributed by atoms with Crippen LogP contribution in [0.5, 0.6) is 0 Å². The van der Waals surface area contributed by atoms with Crippen molar-refractivity contribution < 1.29 is 22.7 Å². The topological polar surface area (TPSA) is 102 Å². The lowest BCUT2D eigenvalue weighted by molar-refractivity contribution is -0.116. The first kappa shape index (κ1) is 22.0. The summed E-state index contributed by atoms with van der Waals surface area (Å²) in [6.07, 6.45) is 2.46. The fourth-order valence-corrected chi connectivity index (χ4v) is 4.36. The van der Waals surface area contributed by atoms with Gasteiger partial charge in [0, 0.05) is 18.2 Å². The van der Waals surface area contributed by atoms with Crippen molar-refractivity contribution in [2.24, 2.45) is 0 Å². The third kappa shape index (κ3) is 5.46. The number of hydrogen-bond acceptors (Lipinski definition) is 5. The summed E-state index contributed by atoms with van der Waals surface area (Å²) in [6, 6.07) is 10.0. The number of nitrogens with one attached hydrogen (secondary N) is 2. The van der Waals surface area contributed by atoms with E-state index in [0.29, 0.717) is 17.7 Å². The van der Waals surface area contributed by atoms with E-state index in [1.54, 1.807) is 30.3 Å². The van der Waals surface area contributed by atoms with Crippen LogP contribution in [-0.2, 0) is 26.0 Å². The normalized spacial score (nSPS) is 13.7. The Kier molecular flexibility index (Phi) is 6.58. The molecule has 2 aromatic rings. The molecule has 30 heavy (non-hydrogen) atoms. The lowest BCUT2D eigenvalue weighted by Crippen LogP contribution is -2.25. The van der Waals surface area contributed by atoms with E-state index in [0.717, 1.165) is 29.5 Å². The Balaban J connectivity index is 1.59. The number of methoxy groups -OCH3 is 1. The molecule has 0 saturated heterocycles. The van der Waals surface area contributed by atoms with Crippen molar-refractivity contribution in [1.29, 1.82) is 0 Å². The summed E-state index contributed by atoms with van der Waals surface area (Å²) < 4.78 is 31.8. The van der Waals surface area contributed by atoms with E-state index < -0.39 is 16.0 Å². The number of rotatable bonds is 8. The van der Waals surface area contributed by atoms with Crippen molar-refractivity contribution in [3.8, 4) is 0 Å². The van der Waals surface area contributed by atoms with Crippen LogP contribution < -0.4 is 10.0 Å². The number of hydrogen-bond donors (Lipinski definition) is 2. The fourth-order valence-electron chi connectivity index (χ4n) is 3.06. The second kappa shape index (κ2) is 8.97. The van der Waals surface area contributed by atoms with E-state index in [1.807, 2.05) is 19.9 Å². The quantitative estimate of drug-likeness (QED) is 0.627. The molecule has 0 spiro atoms. The molecular formula is C22H26N2O5S. The lowest BCUT2D eigenvalue weighted by atomic mass is 10.0. The summed E-state index contributed by atoms with van der Waals surface area (Å²) in [4.78, 5) is 24.5. The highest BCUT2D eigenvalue weighted by Crippen LogP contribution is 2.23. The van der Waals surface area contributed by atoms with Crippen LogP contribution in [0.2, 0.25) is 0 Å². The smallest absolute Gasteiger partial charge is 0.338 e. The predicted molar refractivity (Wildman–Crippen MR) is 114 cm³/mol.